The number of rotatable bonds is 5. The SMILES string of the molecule is Cc1c(NCc2cnc(C)n2-c2ccccc2)cnn1C1CCOC1. The summed E-state index contributed by atoms with van der Waals surface area (Å²) in [6.45, 7) is 6.40. The van der Waals surface area contributed by atoms with Crippen LogP contribution in [0, 0.1) is 13.8 Å². The predicted octanol–water partition coefficient (Wildman–Crippen LogP) is 3.26. The Labute approximate surface area is 147 Å². The number of hydrogen-bond acceptors (Lipinski definition) is 4. The topological polar surface area (TPSA) is 56.9 Å². The molecule has 25 heavy (non-hydrogen) atoms. The number of ether oxygens (including phenoxy) is 1. The van der Waals surface area contributed by atoms with Gasteiger partial charge in [-0.25, -0.2) is 4.98 Å². The van der Waals surface area contributed by atoms with E-state index in [-0.39, 0.29) is 0 Å². The van der Waals surface area contributed by atoms with E-state index >= 15 is 0 Å². The highest BCUT2D eigenvalue weighted by atomic mass is 16.5. The van der Waals surface area contributed by atoms with Crippen LogP contribution in [0.5, 0.6) is 0 Å². The highest BCUT2D eigenvalue weighted by Gasteiger charge is 2.21. The number of hydrogen-bond donors (Lipinski definition) is 1. The van der Waals surface area contributed by atoms with Gasteiger partial charge in [-0.1, -0.05) is 18.2 Å². The first-order valence-electron chi connectivity index (χ1n) is 8.68. The van der Waals surface area contributed by atoms with Crippen molar-refractivity contribution in [2.75, 3.05) is 18.5 Å². The summed E-state index contributed by atoms with van der Waals surface area (Å²) in [5, 5.41) is 8.06. The Bertz CT molecular complexity index is 846. The molecule has 1 N–H and O–H groups in total. The van der Waals surface area contributed by atoms with Gasteiger partial charge in [0.1, 0.15) is 5.82 Å². The van der Waals surface area contributed by atoms with Gasteiger partial charge < -0.3 is 10.1 Å². The molecule has 6 nitrogen and oxygen atoms in total. The van der Waals surface area contributed by atoms with Gasteiger partial charge in [0.25, 0.3) is 0 Å². The molecule has 3 aromatic rings. The van der Waals surface area contributed by atoms with Crippen molar-refractivity contribution in [1.29, 1.82) is 0 Å². The van der Waals surface area contributed by atoms with E-state index in [1.54, 1.807) is 0 Å². The number of benzene rings is 1. The summed E-state index contributed by atoms with van der Waals surface area (Å²) in [5.74, 6) is 0.985. The number of nitrogens with zero attached hydrogens (tertiary/aromatic N) is 4. The Morgan fingerprint density at radius 2 is 2.04 bits per heavy atom. The zero-order chi connectivity index (χ0) is 17.2. The van der Waals surface area contributed by atoms with E-state index in [4.69, 9.17) is 4.74 Å². The van der Waals surface area contributed by atoms with Crippen LogP contribution in [0.15, 0.2) is 42.7 Å². The molecule has 1 atom stereocenters. The number of imidazole rings is 1. The minimum atomic E-state index is 0.354. The zero-order valence-corrected chi connectivity index (χ0v) is 14.6. The highest BCUT2D eigenvalue weighted by Crippen LogP contribution is 2.24. The highest BCUT2D eigenvalue weighted by molar-refractivity contribution is 5.47. The maximum Gasteiger partial charge on any atom is 0.110 e. The van der Waals surface area contributed by atoms with Crippen LogP contribution in [0.25, 0.3) is 5.69 Å². The van der Waals surface area contributed by atoms with Gasteiger partial charge in [0.05, 0.1) is 48.7 Å². The first kappa shape index (κ1) is 15.9. The van der Waals surface area contributed by atoms with Crippen LogP contribution in [0.2, 0.25) is 0 Å². The molecule has 0 amide bonds. The van der Waals surface area contributed by atoms with Crippen molar-refractivity contribution in [3.63, 3.8) is 0 Å². The third-order valence-electron chi connectivity index (χ3n) is 4.78. The summed E-state index contributed by atoms with van der Waals surface area (Å²) in [6, 6.07) is 10.7. The predicted molar refractivity (Wildman–Crippen MR) is 97.1 cm³/mol. The number of aromatic nitrogens is 4. The fourth-order valence-electron chi connectivity index (χ4n) is 3.41. The molecule has 3 heterocycles. The maximum atomic E-state index is 5.48. The third-order valence-corrected chi connectivity index (χ3v) is 4.78. The summed E-state index contributed by atoms with van der Waals surface area (Å²) < 4.78 is 9.74. The molecule has 1 aliphatic heterocycles. The maximum absolute atomic E-state index is 5.48. The molecule has 0 radical (unpaired) electrons. The molecule has 0 spiro atoms. The van der Waals surface area contributed by atoms with Gasteiger partial charge in [-0.2, -0.15) is 5.10 Å². The van der Waals surface area contributed by atoms with E-state index in [1.807, 2.05) is 37.5 Å². The molecule has 0 saturated carbocycles. The van der Waals surface area contributed by atoms with Gasteiger partial charge in [0.2, 0.25) is 0 Å². The molecule has 6 heteroatoms. The summed E-state index contributed by atoms with van der Waals surface area (Å²) in [7, 11) is 0. The van der Waals surface area contributed by atoms with Crippen LogP contribution in [0.4, 0.5) is 5.69 Å². The van der Waals surface area contributed by atoms with Crippen LogP contribution in [-0.2, 0) is 11.3 Å². The molecule has 4 rings (SSSR count). The van der Waals surface area contributed by atoms with E-state index in [2.05, 4.69) is 43.7 Å². The van der Waals surface area contributed by atoms with Crippen molar-refractivity contribution >= 4 is 5.69 Å². The lowest BCUT2D eigenvalue weighted by atomic mass is 10.2. The minimum Gasteiger partial charge on any atom is -0.379 e. The van der Waals surface area contributed by atoms with Gasteiger partial charge in [0.15, 0.2) is 0 Å². The Morgan fingerprint density at radius 3 is 2.80 bits per heavy atom. The average molecular weight is 337 g/mol. The van der Waals surface area contributed by atoms with Gasteiger partial charge in [-0.15, -0.1) is 0 Å². The Morgan fingerprint density at radius 1 is 1.20 bits per heavy atom. The largest absolute Gasteiger partial charge is 0.379 e. The van der Waals surface area contributed by atoms with E-state index in [0.29, 0.717) is 12.6 Å². The molecule has 130 valence electrons. The monoisotopic (exact) mass is 337 g/mol. The summed E-state index contributed by atoms with van der Waals surface area (Å²) in [5.41, 5.74) is 4.47. The van der Waals surface area contributed by atoms with Gasteiger partial charge in [-0.3, -0.25) is 9.25 Å². The van der Waals surface area contributed by atoms with Crippen molar-refractivity contribution in [2.24, 2.45) is 0 Å². The standard InChI is InChI=1S/C19H23N5O/c1-14-19(12-22-24(14)17-8-9-25-13-17)21-11-18-10-20-15(2)23(18)16-6-4-3-5-7-16/h3-7,10,12,17,21H,8-9,11,13H2,1-2H3. The van der Waals surface area contributed by atoms with Crippen LogP contribution in [-0.4, -0.2) is 32.5 Å². The molecule has 1 aromatic carbocycles. The second-order valence-electron chi connectivity index (χ2n) is 6.43. The Kier molecular flexibility index (Phi) is 4.28. The van der Waals surface area contributed by atoms with Crippen molar-refractivity contribution in [1.82, 2.24) is 19.3 Å². The molecule has 0 aliphatic carbocycles. The quantitative estimate of drug-likeness (QED) is 0.776. The lowest BCUT2D eigenvalue weighted by molar-refractivity contribution is 0.184. The zero-order valence-electron chi connectivity index (χ0n) is 14.6. The minimum absolute atomic E-state index is 0.354. The van der Waals surface area contributed by atoms with E-state index in [0.717, 1.165) is 48.2 Å². The summed E-state index contributed by atoms with van der Waals surface area (Å²) in [6.07, 6.45) is 4.87. The second-order valence-corrected chi connectivity index (χ2v) is 6.43. The van der Waals surface area contributed by atoms with E-state index < -0.39 is 0 Å². The molecule has 1 saturated heterocycles. The lowest BCUT2D eigenvalue weighted by Crippen LogP contribution is -2.12. The average Bonchev–Trinajstić information content (AvgIpc) is 3.35. The number of para-hydroxylation sites is 1. The number of nitrogens with one attached hydrogen (secondary N) is 1. The third kappa shape index (κ3) is 3.05. The molecule has 2 aromatic heterocycles. The van der Waals surface area contributed by atoms with Crippen molar-refractivity contribution in [3.8, 4) is 5.69 Å². The van der Waals surface area contributed by atoms with E-state index in [9.17, 15) is 0 Å². The molecular weight excluding hydrogens is 314 g/mol. The van der Waals surface area contributed by atoms with Crippen LogP contribution in [0.3, 0.4) is 0 Å². The fraction of sp³-hybridized carbons (Fsp3) is 0.368. The number of aryl methyl sites for hydroxylation is 1. The molecule has 1 unspecified atom stereocenters. The molecule has 0 bridgehead atoms. The molecule has 1 aliphatic rings. The second kappa shape index (κ2) is 6.72. The Hall–Kier alpha value is -2.60. The van der Waals surface area contributed by atoms with Gasteiger partial charge in [-0.05, 0) is 32.4 Å². The van der Waals surface area contributed by atoms with Crippen molar-refractivity contribution in [3.05, 3.63) is 59.9 Å². The molecular formula is C19H23N5O. The van der Waals surface area contributed by atoms with Crippen LogP contribution < -0.4 is 5.32 Å². The first-order valence-corrected chi connectivity index (χ1v) is 8.68. The lowest BCUT2D eigenvalue weighted by Gasteiger charge is -2.13. The smallest absolute Gasteiger partial charge is 0.110 e. The van der Waals surface area contributed by atoms with Crippen LogP contribution in [0.1, 0.15) is 29.7 Å². The van der Waals surface area contributed by atoms with Crippen LogP contribution >= 0.6 is 0 Å². The normalized spacial score (nSPS) is 17.1. The Balaban J connectivity index is 1.53. The van der Waals surface area contributed by atoms with Gasteiger partial charge in [0, 0.05) is 12.3 Å². The number of anilines is 1. The summed E-state index contributed by atoms with van der Waals surface area (Å²) >= 11 is 0. The van der Waals surface area contributed by atoms with E-state index in [1.165, 1.54) is 0 Å². The van der Waals surface area contributed by atoms with Crippen molar-refractivity contribution < 1.29 is 4.74 Å². The molecule has 1 fully saturated rings. The summed E-state index contributed by atoms with van der Waals surface area (Å²) in [4.78, 5) is 4.48. The fourth-order valence-corrected chi connectivity index (χ4v) is 3.41. The van der Waals surface area contributed by atoms with Crippen molar-refractivity contribution in [2.45, 2.75) is 32.9 Å². The van der Waals surface area contributed by atoms with Gasteiger partial charge >= 0.3 is 0 Å². The first-order chi connectivity index (χ1) is 12.2.